The summed E-state index contributed by atoms with van der Waals surface area (Å²) >= 11 is 0. The number of nitrogens with zero attached hydrogens (tertiary/aromatic N) is 3. The number of halogens is 1. The van der Waals surface area contributed by atoms with E-state index >= 15 is 0 Å². The molecule has 0 N–H and O–H groups in total. The molecule has 2 heterocycles. The van der Waals surface area contributed by atoms with E-state index in [-0.39, 0.29) is 23.8 Å². The minimum atomic E-state index is -0.299. The summed E-state index contributed by atoms with van der Waals surface area (Å²) in [6.45, 7) is 4.90. The number of amides is 2. The van der Waals surface area contributed by atoms with Crippen LogP contribution in [0.4, 0.5) is 9.18 Å². The Balaban J connectivity index is 1.65. The Kier molecular flexibility index (Phi) is 5.53. The van der Waals surface area contributed by atoms with Crippen LogP contribution in [0, 0.1) is 23.6 Å². The molecule has 1 aromatic carbocycles. The van der Waals surface area contributed by atoms with Crippen LogP contribution in [-0.4, -0.2) is 40.3 Å². The number of hydrogen-bond donors (Lipinski definition) is 0. The second-order valence-corrected chi connectivity index (χ2v) is 7.88. The van der Waals surface area contributed by atoms with Gasteiger partial charge in [0, 0.05) is 29.8 Å². The average molecular weight is 391 g/mol. The number of amidine groups is 1. The number of aliphatic imine (C=N–C) groups is 1. The van der Waals surface area contributed by atoms with Crippen LogP contribution in [0.5, 0.6) is 0 Å². The highest BCUT2D eigenvalue weighted by molar-refractivity contribution is 6.01. The number of rotatable bonds is 1. The van der Waals surface area contributed by atoms with Gasteiger partial charge in [-0.25, -0.2) is 14.2 Å². The number of carbonyl (C=O) groups excluding carboxylic acids is 1. The Morgan fingerprint density at radius 2 is 2.07 bits per heavy atom. The Morgan fingerprint density at radius 1 is 1.24 bits per heavy atom. The molecule has 4 rings (SSSR count). The van der Waals surface area contributed by atoms with Gasteiger partial charge in [0.15, 0.2) is 0 Å². The van der Waals surface area contributed by atoms with Crippen LogP contribution in [0.3, 0.4) is 0 Å². The summed E-state index contributed by atoms with van der Waals surface area (Å²) in [6.07, 6.45) is 9.82. The highest BCUT2D eigenvalue weighted by Gasteiger charge is 2.49. The third kappa shape index (κ3) is 3.85. The summed E-state index contributed by atoms with van der Waals surface area (Å²) in [5, 5.41) is 0. The lowest BCUT2D eigenvalue weighted by Crippen LogP contribution is -2.43. The van der Waals surface area contributed by atoms with Crippen LogP contribution in [0.25, 0.3) is 0 Å². The van der Waals surface area contributed by atoms with Gasteiger partial charge in [-0.15, -0.1) is 0 Å². The molecule has 1 saturated heterocycles. The first kappa shape index (κ1) is 19.4. The fourth-order valence-corrected chi connectivity index (χ4v) is 4.54. The maximum absolute atomic E-state index is 13.4. The van der Waals surface area contributed by atoms with Crippen molar-refractivity contribution in [2.45, 2.75) is 51.6 Å². The third-order valence-electron chi connectivity index (χ3n) is 5.95. The molecule has 2 amide bonds. The number of hydrogen-bond acceptors (Lipinski definition) is 2. The first-order valence-corrected chi connectivity index (χ1v) is 10.4. The molecule has 4 nitrogen and oxygen atoms in total. The lowest BCUT2D eigenvalue weighted by atomic mass is 10.0. The standard InChI is InChI=1S/C24H26FN3O/c1-3-27-21-11-6-12-22(21)28(24(27)29)23-17(2)7-4-9-19(16-26-23)14-13-18-8-5-10-20(25)15-18/h4-5,8-10,15-17,21-22H,3,6-7,11-12H2,1-2H3. The molecule has 0 radical (unpaired) electrons. The molecule has 3 aliphatic rings. The van der Waals surface area contributed by atoms with Gasteiger partial charge < -0.3 is 4.90 Å². The zero-order chi connectivity index (χ0) is 20.4. The van der Waals surface area contributed by atoms with Crippen LogP contribution in [0.1, 0.15) is 45.1 Å². The van der Waals surface area contributed by atoms with E-state index in [9.17, 15) is 9.18 Å². The van der Waals surface area contributed by atoms with Crippen molar-refractivity contribution in [3.63, 3.8) is 0 Å². The van der Waals surface area contributed by atoms with Gasteiger partial charge in [0.1, 0.15) is 11.7 Å². The Morgan fingerprint density at radius 3 is 2.86 bits per heavy atom. The van der Waals surface area contributed by atoms with Gasteiger partial charge in [-0.3, -0.25) is 4.90 Å². The summed E-state index contributed by atoms with van der Waals surface area (Å²) in [6, 6.07) is 6.86. The molecule has 29 heavy (non-hydrogen) atoms. The van der Waals surface area contributed by atoms with Gasteiger partial charge in [-0.2, -0.15) is 0 Å². The van der Waals surface area contributed by atoms with Gasteiger partial charge in [0.25, 0.3) is 0 Å². The summed E-state index contributed by atoms with van der Waals surface area (Å²) in [5.41, 5.74) is 1.38. The summed E-state index contributed by atoms with van der Waals surface area (Å²) in [5.74, 6) is 6.75. The topological polar surface area (TPSA) is 35.9 Å². The van der Waals surface area contributed by atoms with Gasteiger partial charge in [0.05, 0.1) is 12.1 Å². The summed E-state index contributed by atoms with van der Waals surface area (Å²) in [4.78, 5) is 21.8. The maximum atomic E-state index is 13.4. The summed E-state index contributed by atoms with van der Waals surface area (Å²) < 4.78 is 13.4. The van der Waals surface area contributed by atoms with Crippen molar-refractivity contribution in [2.24, 2.45) is 10.9 Å². The van der Waals surface area contributed by atoms with Crippen LogP contribution in [0.15, 0.2) is 53.2 Å². The highest BCUT2D eigenvalue weighted by atomic mass is 19.1. The van der Waals surface area contributed by atoms with Crippen LogP contribution in [0.2, 0.25) is 0 Å². The number of fused-ring (bicyclic) bond motifs is 1. The second-order valence-electron chi connectivity index (χ2n) is 7.88. The quantitative estimate of drug-likeness (QED) is 0.637. The van der Waals surface area contributed by atoms with E-state index in [1.54, 1.807) is 18.3 Å². The molecular weight excluding hydrogens is 365 g/mol. The number of likely N-dealkylation sites (N-methyl/N-ethyl adjacent to an activating group) is 1. The molecule has 0 aromatic heterocycles. The molecule has 5 heteroatoms. The number of urea groups is 1. The van der Waals surface area contributed by atoms with Crippen molar-refractivity contribution < 1.29 is 9.18 Å². The number of benzene rings is 1. The van der Waals surface area contributed by atoms with E-state index in [1.165, 1.54) is 12.1 Å². The zero-order valence-electron chi connectivity index (χ0n) is 16.9. The van der Waals surface area contributed by atoms with Crippen molar-refractivity contribution in [1.29, 1.82) is 0 Å². The molecule has 0 bridgehead atoms. The van der Waals surface area contributed by atoms with E-state index in [1.807, 2.05) is 22.8 Å². The molecular formula is C24H26FN3O. The lowest BCUT2D eigenvalue weighted by molar-refractivity contribution is 0.196. The molecule has 150 valence electrons. The van der Waals surface area contributed by atoms with Crippen molar-refractivity contribution in [3.05, 3.63) is 59.6 Å². The first-order valence-electron chi connectivity index (χ1n) is 10.4. The first-order chi connectivity index (χ1) is 14.1. The Bertz CT molecular complexity index is 952. The van der Waals surface area contributed by atoms with Crippen LogP contribution < -0.4 is 0 Å². The smallest absolute Gasteiger partial charge is 0.320 e. The van der Waals surface area contributed by atoms with E-state index in [0.717, 1.165) is 43.6 Å². The minimum absolute atomic E-state index is 0.0816. The van der Waals surface area contributed by atoms with Gasteiger partial charge in [0.2, 0.25) is 0 Å². The van der Waals surface area contributed by atoms with Gasteiger partial charge >= 0.3 is 6.03 Å². The molecule has 1 aliphatic carbocycles. The normalized spacial score (nSPS) is 26.3. The van der Waals surface area contributed by atoms with Crippen molar-refractivity contribution in [3.8, 4) is 11.8 Å². The lowest BCUT2D eigenvalue weighted by Gasteiger charge is -2.27. The molecule has 3 atom stereocenters. The van der Waals surface area contributed by atoms with Crippen LogP contribution in [-0.2, 0) is 0 Å². The van der Waals surface area contributed by atoms with Gasteiger partial charge in [-0.05, 0) is 56.9 Å². The van der Waals surface area contributed by atoms with E-state index < -0.39 is 0 Å². The van der Waals surface area contributed by atoms with Crippen LogP contribution >= 0.6 is 0 Å². The fraction of sp³-hybridized carbons (Fsp3) is 0.417. The molecule has 1 saturated carbocycles. The maximum Gasteiger partial charge on any atom is 0.326 e. The number of carbonyl (C=O) groups is 1. The molecule has 1 aromatic rings. The second kappa shape index (κ2) is 8.24. The summed E-state index contributed by atoms with van der Waals surface area (Å²) in [7, 11) is 0. The molecule has 2 aliphatic heterocycles. The number of allylic oxidation sites excluding steroid dienone is 3. The average Bonchev–Trinajstić information content (AvgIpc) is 3.25. The molecule has 0 spiro atoms. The van der Waals surface area contributed by atoms with Crippen molar-refractivity contribution in [1.82, 2.24) is 9.80 Å². The monoisotopic (exact) mass is 391 g/mol. The fourth-order valence-electron chi connectivity index (χ4n) is 4.54. The predicted molar refractivity (Wildman–Crippen MR) is 113 cm³/mol. The third-order valence-corrected chi connectivity index (χ3v) is 5.95. The Hall–Kier alpha value is -2.87. The molecule has 3 unspecified atom stereocenters. The van der Waals surface area contributed by atoms with Crippen molar-refractivity contribution in [2.75, 3.05) is 6.54 Å². The predicted octanol–water partition coefficient (Wildman–Crippen LogP) is 4.73. The highest BCUT2D eigenvalue weighted by Crippen LogP contribution is 2.37. The van der Waals surface area contributed by atoms with E-state index in [2.05, 4.69) is 24.8 Å². The van der Waals surface area contributed by atoms with E-state index in [4.69, 9.17) is 4.99 Å². The van der Waals surface area contributed by atoms with E-state index in [0.29, 0.717) is 11.6 Å². The Labute approximate surface area is 171 Å². The van der Waals surface area contributed by atoms with Gasteiger partial charge in [-0.1, -0.05) is 30.9 Å². The minimum Gasteiger partial charge on any atom is -0.320 e. The van der Waals surface area contributed by atoms with Crippen molar-refractivity contribution >= 4 is 11.9 Å². The zero-order valence-corrected chi connectivity index (χ0v) is 16.9. The SMILES string of the molecule is CCN1C(=O)N(C2=NC=C(C#Cc3cccc(F)c3)C=CCC2C)C2CCCC21. The largest absolute Gasteiger partial charge is 0.326 e. The molecule has 2 fully saturated rings.